The second-order valence-electron chi connectivity index (χ2n) is 9.92. The van der Waals surface area contributed by atoms with Crippen LogP contribution in [0.15, 0.2) is 102 Å². The molecule has 0 aromatic heterocycles. The van der Waals surface area contributed by atoms with Crippen LogP contribution in [-0.4, -0.2) is 44.8 Å². The van der Waals surface area contributed by atoms with Gasteiger partial charge in [0.25, 0.3) is 10.0 Å². The molecule has 43 heavy (non-hydrogen) atoms. The Balaban J connectivity index is 1.81. The Morgan fingerprint density at radius 1 is 0.791 bits per heavy atom. The maximum atomic E-state index is 14.3. The first-order valence-corrected chi connectivity index (χ1v) is 15.9. The summed E-state index contributed by atoms with van der Waals surface area (Å²) in [5, 5.41) is 3.51. The monoisotopic (exact) mass is 657 g/mol. The molecule has 4 aromatic carbocycles. The largest absolute Gasteiger partial charge is 0.357 e. The van der Waals surface area contributed by atoms with E-state index in [0.29, 0.717) is 10.6 Å². The Morgan fingerprint density at radius 2 is 1.42 bits per heavy atom. The fourth-order valence-electron chi connectivity index (χ4n) is 4.60. The summed E-state index contributed by atoms with van der Waals surface area (Å²) in [6.07, 6.45) is 0.195. The van der Waals surface area contributed by atoms with E-state index in [4.69, 9.17) is 34.8 Å². The molecular weight excluding hydrogens is 629 g/mol. The Labute approximate surface area is 267 Å². The molecule has 0 saturated heterocycles. The second-order valence-corrected chi connectivity index (χ2v) is 13.1. The third-order valence-corrected chi connectivity index (χ3v) is 9.24. The molecule has 1 unspecified atom stereocenters. The van der Waals surface area contributed by atoms with Crippen LogP contribution in [0.4, 0.5) is 5.69 Å². The topological polar surface area (TPSA) is 86.8 Å². The number of amides is 2. The Morgan fingerprint density at radius 3 is 2.02 bits per heavy atom. The number of nitrogens with one attached hydrogen (secondary N) is 1. The van der Waals surface area contributed by atoms with Gasteiger partial charge in [-0.05, 0) is 60.5 Å². The maximum absolute atomic E-state index is 14.3. The molecule has 0 aliphatic carbocycles. The van der Waals surface area contributed by atoms with Crippen LogP contribution in [0, 0.1) is 6.92 Å². The number of carbonyl (C=O) groups excluding carboxylic acids is 2. The number of nitrogens with zero attached hydrogens (tertiary/aromatic N) is 2. The number of anilines is 1. The number of rotatable bonds is 11. The third-order valence-electron chi connectivity index (χ3n) is 6.78. The summed E-state index contributed by atoms with van der Waals surface area (Å²) in [4.78, 5) is 29.0. The van der Waals surface area contributed by atoms with E-state index in [1.165, 1.54) is 42.3 Å². The van der Waals surface area contributed by atoms with Gasteiger partial charge in [-0.15, -0.1) is 0 Å². The average molecular weight is 659 g/mol. The van der Waals surface area contributed by atoms with Crippen LogP contribution in [0.1, 0.15) is 16.7 Å². The molecule has 1 N–H and O–H groups in total. The molecule has 0 heterocycles. The van der Waals surface area contributed by atoms with Gasteiger partial charge < -0.3 is 10.2 Å². The quantitative estimate of drug-likeness (QED) is 0.198. The lowest BCUT2D eigenvalue weighted by atomic mass is 10.0. The number of likely N-dealkylation sites (N-methyl/N-ethyl adjacent to an activating group) is 1. The van der Waals surface area contributed by atoms with Crippen LogP contribution in [0.2, 0.25) is 15.1 Å². The van der Waals surface area contributed by atoms with Crippen LogP contribution >= 0.6 is 34.8 Å². The highest BCUT2D eigenvalue weighted by Gasteiger charge is 2.34. The Bertz CT molecular complexity index is 1680. The van der Waals surface area contributed by atoms with Crippen molar-refractivity contribution in [3.05, 3.63) is 129 Å². The number of aryl methyl sites for hydroxylation is 1. The molecule has 1 atom stereocenters. The number of hydrogen-bond acceptors (Lipinski definition) is 4. The van der Waals surface area contributed by atoms with Crippen molar-refractivity contribution in [2.75, 3.05) is 17.9 Å². The number of carbonyl (C=O) groups is 2. The van der Waals surface area contributed by atoms with Gasteiger partial charge in [-0.25, -0.2) is 8.42 Å². The Hall–Kier alpha value is -3.56. The second kappa shape index (κ2) is 14.3. The zero-order valence-corrected chi connectivity index (χ0v) is 26.6. The van der Waals surface area contributed by atoms with Gasteiger partial charge in [-0.2, -0.15) is 0 Å². The number of sulfonamides is 1. The molecule has 0 aliphatic heterocycles. The summed E-state index contributed by atoms with van der Waals surface area (Å²) in [5.41, 5.74) is 2.47. The van der Waals surface area contributed by atoms with Crippen LogP contribution in [0.3, 0.4) is 0 Å². The van der Waals surface area contributed by atoms with E-state index < -0.39 is 34.4 Å². The summed E-state index contributed by atoms with van der Waals surface area (Å²) in [6.45, 7) is 1.21. The van der Waals surface area contributed by atoms with Crippen LogP contribution in [-0.2, 0) is 32.6 Å². The molecule has 4 rings (SSSR count). The van der Waals surface area contributed by atoms with Crippen LogP contribution in [0.25, 0.3) is 0 Å². The lowest BCUT2D eigenvalue weighted by molar-refractivity contribution is -0.139. The zero-order chi connectivity index (χ0) is 31.1. The fraction of sp³-hybridized carbons (Fsp3) is 0.188. The Kier molecular flexibility index (Phi) is 10.7. The predicted octanol–water partition coefficient (Wildman–Crippen LogP) is 6.54. The van der Waals surface area contributed by atoms with E-state index in [2.05, 4.69) is 5.32 Å². The smallest absolute Gasteiger partial charge is 0.264 e. The van der Waals surface area contributed by atoms with Crippen molar-refractivity contribution in [2.24, 2.45) is 0 Å². The number of halogens is 3. The molecule has 0 saturated carbocycles. The first-order valence-electron chi connectivity index (χ1n) is 13.3. The average Bonchev–Trinajstić information content (AvgIpc) is 2.97. The van der Waals surface area contributed by atoms with Gasteiger partial charge in [0.2, 0.25) is 11.8 Å². The van der Waals surface area contributed by atoms with E-state index in [1.54, 1.807) is 36.4 Å². The molecule has 0 radical (unpaired) electrons. The number of benzene rings is 4. The van der Waals surface area contributed by atoms with Crippen molar-refractivity contribution >= 4 is 62.3 Å². The lowest BCUT2D eigenvalue weighted by Gasteiger charge is -2.33. The fourth-order valence-corrected chi connectivity index (χ4v) is 6.73. The highest BCUT2D eigenvalue weighted by atomic mass is 35.5. The summed E-state index contributed by atoms with van der Waals surface area (Å²) in [7, 11) is -2.79. The van der Waals surface area contributed by atoms with E-state index in [1.807, 2.05) is 37.3 Å². The first-order chi connectivity index (χ1) is 20.5. The minimum Gasteiger partial charge on any atom is -0.357 e. The van der Waals surface area contributed by atoms with Crippen LogP contribution in [0.5, 0.6) is 0 Å². The molecule has 2 amide bonds. The van der Waals surface area contributed by atoms with E-state index in [9.17, 15) is 18.0 Å². The van der Waals surface area contributed by atoms with E-state index in [0.717, 1.165) is 15.4 Å². The number of hydrogen-bond donors (Lipinski definition) is 1. The maximum Gasteiger partial charge on any atom is 0.264 e. The highest BCUT2D eigenvalue weighted by molar-refractivity contribution is 7.92. The molecule has 11 heteroatoms. The molecule has 7 nitrogen and oxygen atoms in total. The van der Waals surface area contributed by atoms with Gasteiger partial charge in [-0.1, -0.05) is 95.0 Å². The van der Waals surface area contributed by atoms with Crippen molar-refractivity contribution in [1.29, 1.82) is 0 Å². The third kappa shape index (κ3) is 8.30. The van der Waals surface area contributed by atoms with Gasteiger partial charge in [0.15, 0.2) is 0 Å². The first kappa shape index (κ1) is 32.4. The summed E-state index contributed by atoms with van der Waals surface area (Å²) in [6, 6.07) is 25.8. The summed E-state index contributed by atoms with van der Waals surface area (Å²) < 4.78 is 29.1. The van der Waals surface area contributed by atoms with Crippen molar-refractivity contribution in [1.82, 2.24) is 10.2 Å². The predicted molar refractivity (Wildman–Crippen MR) is 172 cm³/mol. The molecule has 0 spiro atoms. The molecule has 0 aliphatic rings. The van der Waals surface area contributed by atoms with Gasteiger partial charge >= 0.3 is 0 Å². The summed E-state index contributed by atoms with van der Waals surface area (Å²) >= 11 is 18.8. The van der Waals surface area contributed by atoms with Crippen molar-refractivity contribution < 1.29 is 18.0 Å². The van der Waals surface area contributed by atoms with Crippen molar-refractivity contribution in [3.8, 4) is 0 Å². The lowest BCUT2D eigenvalue weighted by Crippen LogP contribution is -2.53. The minimum atomic E-state index is -4.28. The normalized spacial score (nSPS) is 11.9. The molecule has 224 valence electrons. The SMILES string of the molecule is CNC(=O)C(Cc1ccccc1)N(Cc1cccc(Cl)c1)C(=O)CN(c1cc(Cl)cc(Cl)c1)S(=O)(=O)c1ccc(C)cc1. The zero-order valence-electron chi connectivity index (χ0n) is 23.5. The van der Waals surface area contributed by atoms with E-state index in [-0.39, 0.29) is 33.6 Å². The van der Waals surface area contributed by atoms with Crippen molar-refractivity contribution in [3.63, 3.8) is 0 Å². The van der Waals surface area contributed by atoms with Crippen molar-refractivity contribution in [2.45, 2.75) is 30.8 Å². The minimum absolute atomic E-state index is 0.000957. The van der Waals surface area contributed by atoms with Gasteiger partial charge in [0.05, 0.1) is 10.6 Å². The van der Waals surface area contributed by atoms with E-state index >= 15 is 0 Å². The standard InChI is InChI=1S/C32H30Cl3N3O4S/c1-22-11-13-29(14-12-22)43(41,42)38(28-18-26(34)17-27(35)19-28)21-31(39)37(20-24-9-6-10-25(33)15-24)30(32(40)36-2)16-23-7-4-3-5-8-23/h3-15,17-19,30H,16,20-21H2,1-2H3,(H,36,40). The highest BCUT2D eigenvalue weighted by Crippen LogP contribution is 2.30. The molecular formula is C32H30Cl3N3O4S. The van der Waals surface area contributed by atoms with Gasteiger partial charge in [0.1, 0.15) is 12.6 Å². The van der Waals surface area contributed by atoms with Crippen LogP contribution < -0.4 is 9.62 Å². The molecule has 0 bridgehead atoms. The van der Waals surface area contributed by atoms with Gasteiger partial charge in [-0.3, -0.25) is 13.9 Å². The molecule has 4 aromatic rings. The molecule has 0 fully saturated rings. The van der Waals surface area contributed by atoms with Gasteiger partial charge in [0, 0.05) is 35.1 Å². The summed E-state index contributed by atoms with van der Waals surface area (Å²) in [5.74, 6) is -1.02.